The van der Waals surface area contributed by atoms with Crippen molar-refractivity contribution >= 4 is 10.9 Å². The van der Waals surface area contributed by atoms with Gasteiger partial charge in [0.15, 0.2) is 5.82 Å². The van der Waals surface area contributed by atoms with Crippen molar-refractivity contribution in [2.24, 2.45) is 0 Å². The van der Waals surface area contributed by atoms with Gasteiger partial charge < -0.3 is 10.0 Å². The number of nitrogens with zero attached hydrogens (tertiary/aromatic N) is 3. The third-order valence-electron chi connectivity index (χ3n) is 6.73. The Kier molecular flexibility index (Phi) is 4.96. The van der Waals surface area contributed by atoms with Gasteiger partial charge in [-0.3, -0.25) is 0 Å². The minimum Gasteiger partial charge on any atom is -0.507 e. The van der Waals surface area contributed by atoms with Crippen molar-refractivity contribution in [2.45, 2.75) is 57.4 Å². The Morgan fingerprint density at radius 3 is 2.76 bits per heavy atom. The zero-order valence-corrected chi connectivity index (χ0v) is 17.1. The van der Waals surface area contributed by atoms with Crippen LogP contribution in [0.2, 0.25) is 0 Å². The first-order valence-electron chi connectivity index (χ1n) is 11.0. The number of para-hydroxylation sites is 1. The number of rotatable bonds is 2. The largest absolute Gasteiger partial charge is 0.507 e. The minimum atomic E-state index is 0.240. The van der Waals surface area contributed by atoms with Crippen LogP contribution < -0.4 is 0 Å². The summed E-state index contributed by atoms with van der Waals surface area (Å²) in [6.07, 6.45) is 7.70. The monoisotopic (exact) mass is 387 g/mol. The maximum Gasteiger partial charge on any atom is 0.163 e. The Morgan fingerprint density at radius 2 is 1.86 bits per heavy atom. The zero-order valence-electron chi connectivity index (χ0n) is 17.1. The topological polar surface area (TPSA) is 49.2 Å². The summed E-state index contributed by atoms with van der Waals surface area (Å²) < 4.78 is 0. The quantitative estimate of drug-likeness (QED) is 0.637. The molecule has 4 nitrogen and oxygen atoms in total. The summed E-state index contributed by atoms with van der Waals surface area (Å²) in [5.41, 5.74) is 4.06. The van der Waals surface area contributed by atoms with Crippen LogP contribution in [0, 0.1) is 6.92 Å². The first-order chi connectivity index (χ1) is 14.2. The van der Waals surface area contributed by atoms with Crippen LogP contribution >= 0.6 is 0 Å². The highest BCUT2D eigenvalue weighted by molar-refractivity contribution is 5.84. The summed E-state index contributed by atoms with van der Waals surface area (Å²) in [7, 11) is 0. The molecule has 2 fully saturated rings. The van der Waals surface area contributed by atoms with E-state index in [0.29, 0.717) is 23.3 Å². The van der Waals surface area contributed by atoms with Gasteiger partial charge in [0.1, 0.15) is 5.75 Å². The van der Waals surface area contributed by atoms with Crippen LogP contribution in [0.4, 0.5) is 0 Å². The molecule has 2 atom stereocenters. The van der Waals surface area contributed by atoms with Gasteiger partial charge in [-0.25, -0.2) is 9.97 Å². The Morgan fingerprint density at radius 1 is 0.966 bits per heavy atom. The van der Waals surface area contributed by atoms with Gasteiger partial charge in [-0.2, -0.15) is 0 Å². The van der Waals surface area contributed by atoms with E-state index < -0.39 is 0 Å². The van der Waals surface area contributed by atoms with E-state index in [4.69, 9.17) is 9.97 Å². The lowest BCUT2D eigenvalue weighted by Gasteiger charge is -2.38. The van der Waals surface area contributed by atoms with Crippen LogP contribution in [0.1, 0.15) is 55.7 Å². The Labute approximate surface area is 172 Å². The molecule has 150 valence electrons. The number of hydrogen-bond donors (Lipinski definition) is 1. The number of hydrogen-bond acceptors (Lipinski definition) is 4. The van der Waals surface area contributed by atoms with Crippen molar-refractivity contribution in [1.29, 1.82) is 0 Å². The van der Waals surface area contributed by atoms with Crippen molar-refractivity contribution in [2.75, 3.05) is 13.1 Å². The molecule has 0 spiro atoms. The predicted octanol–water partition coefficient (Wildman–Crippen LogP) is 5.43. The molecule has 2 aromatic carbocycles. The number of benzene rings is 2. The summed E-state index contributed by atoms with van der Waals surface area (Å²) >= 11 is 0. The normalized spacial score (nSPS) is 22.9. The smallest absolute Gasteiger partial charge is 0.163 e. The van der Waals surface area contributed by atoms with Crippen molar-refractivity contribution in [3.63, 3.8) is 0 Å². The molecule has 0 saturated carbocycles. The molecule has 2 aliphatic heterocycles. The van der Waals surface area contributed by atoms with Gasteiger partial charge >= 0.3 is 0 Å². The van der Waals surface area contributed by atoms with E-state index in [1.807, 2.05) is 18.2 Å². The lowest BCUT2D eigenvalue weighted by molar-refractivity contribution is 0.137. The first-order valence-corrected chi connectivity index (χ1v) is 11.0. The molecule has 0 radical (unpaired) electrons. The van der Waals surface area contributed by atoms with E-state index in [0.717, 1.165) is 17.6 Å². The van der Waals surface area contributed by atoms with Gasteiger partial charge in [-0.1, -0.05) is 37.1 Å². The second-order valence-corrected chi connectivity index (χ2v) is 8.73. The molecule has 1 aromatic heterocycles. The summed E-state index contributed by atoms with van der Waals surface area (Å²) in [6.45, 7) is 4.52. The van der Waals surface area contributed by atoms with Gasteiger partial charge in [0.05, 0.1) is 16.8 Å². The lowest BCUT2D eigenvalue weighted by Crippen LogP contribution is -2.41. The number of phenols is 1. The van der Waals surface area contributed by atoms with Crippen LogP contribution in [-0.2, 0) is 0 Å². The van der Waals surface area contributed by atoms with E-state index in [1.165, 1.54) is 56.1 Å². The van der Waals surface area contributed by atoms with Crippen LogP contribution in [0.15, 0.2) is 42.5 Å². The summed E-state index contributed by atoms with van der Waals surface area (Å²) in [5, 5.41) is 11.6. The summed E-state index contributed by atoms with van der Waals surface area (Å²) in [5.74, 6) is 1.33. The average Bonchev–Trinajstić information content (AvgIpc) is 2.98. The molecule has 5 rings (SSSR count). The van der Waals surface area contributed by atoms with E-state index >= 15 is 0 Å². The standard InChI is InChI=1S/C25H29N3O/c1-17-10-11-20-22(15-17)26-25(21-8-4-5-9-23(21)29)27-24(20)18-12-14-28-13-6-2-3-7-19(28)16-18/h4-5,8-11,15,18-19,29H,2-3,6-7,12-14,16H2,1H3. The van der Waals surface area contributed by atoms with Gasteiger partial charge in [0, 0.05) is 17.3 Å². The highest BCUT2D eigenvalue weighted by Gasteiger charge is 2.32. The summed E-state index contributed by atoms with van der Waals surface area (Å²) in [4.78, 5) is 12.6. The van der Waals surface area contributed by atoms with Crippen LogP contribution in [0.3, 0.4) is 0 Å². The SMILES string of the molecule is Cc1ccc2c(C3CCN4CCCCCC4C3)nc(-c3ccccc3O)nc2c1. The van der Waals surface area contributed by atoms with E-state index in [9.17, 15) is 5.11 Å². The minimum absolute atomic E-state index is 0.240. The Hall–Kier alpha value is -2.46. The van der Waals surface area contributed by atoms with Crippen LogP contribution in [0.5, 0.6) is 5.75 Å². The van der Waals surface area contributed by atoms with Crippen LogP contribution in [0.25, 0.3) is 22.3 Å². The van der Waals surface area contributed by atoms with Gasteiger partial charge in [-0.05, 0) is 69.5 Å². The maximum absolute atomic E-state index is 10.4. The van der Waals surface area contributed by atoms with E-state index in [2.05, 4.69) is 30.0 Å². The molecular weight excluding hydrogens is 358 g/mol. The fourth-order valence-corrected chi connectivity index (χ4v) is 5.17. The number of piperidine rings is 1. The lowest BCUT2D eigenvalue weighted by atomic mass is 9.85. The van der Waals surface area contributed by atoms with Crippen LogP contribution in [-0.4, -0.2) is 39.1 Å². The molecule has 2 aliphatic rings. The maximum atomic E-state index is 10.4. The second-order valence-electron chi connectivity index (χ2n) is 8.73. The van der Waals surface area contributed by atoms with E-state index in [1.54, 1.807) is 6.07 Å². The van der Waals surface area contributed by atoms with E-state index in [-0.39, 0.29) is 5.75 Å². The number of aromatic nitrogens is 2. The molecular formula is C25H29N3O. The fourth-order valence-electron chi connectivity index (χ4n) is 5.17. The first kappa shape index (κ1) is 18.6. The third kappa shape index (κ3) is 3.62. The molecule has 3 aromatic rings. The number of aryl methyl sites for hydroxylation is 1. The van der Waals surface area contributed by atoms with Crippen molar-refractivity contribution in [1.82, 2.24) is 14.9 Å². The molecule has 3 heterocycles. The average molecular weight is 388 g/mol. The van der Waals surface area contributed by atoms with Gasteiger partial charge in [0.2, 0.25) is 0 Å². The molecule has 4 heteroatoms. The summed E-state index contributed by atoms with van der Waals surface area (Å²) in [6, 6.07) is 14.6. The molecule has 1 N–H and O–H groups in total. The predicted molar refractivity (Wildman–Crippen MR) is 117 cm³/mol. The van der Waals surface area contributed by atoms with Crippen molar-refractivity contribution in [3.05, 3.63) is 53.7 Å². The van der Waals surface area contributed by atoms with Gasteiger partial charge in [0.25, 0.3) is 0 Å². The molecule has 2 unspecified atom stereocenters. The third-order valence-corrected chi connectivity index (χ3v) is 6.73. The van der Waals surface area contributed by atoms with Crippen molar-refractivity contribution in [3.8, 4) is 17.1 Å². The highest BCUT2D eigenvalue weighted by Crippen LogP contribution is 2.38. The Balaban J connectivity index is 1.60. The number of fused-ring (bicyclic) bond motifs is 2. The fraction of sp³-hybridized carbons (Fsp3) is 0.440. The Bertz CT molecular complexity index is 1030. The molecule has 0 aliphatic carbocycles. The molecule has 2 saturated heterocycles. The molecule has 29 heavy (non-hydrogen) atoms. The molecule has 0 amide bonds. The second kappa shape index (κ2) is 7.75. The zero-order chi connectivity index (χ0) is 19.8. The van der Waals surface area contributed by atoms with Crippen molar-refractivity contribution < 1.29 is 5.11 Å². The molecule has 0 bridgehead atoms. The highest BCUT2D eigenvalue weighted by atomic mass is 16.3. The number of phenolic OH excluding ortho intramolecular Hbond substituents is 1. The number of aromatic hydroxyl groups is 1. The van der Waals surface area contributed by atoms with Gasteiger partial charge in [-0.15, -0.1) is 0 Å².